The summed E-state index contributed by atoms with van der Waals surface area (Å²) in [5.74, 6) is 2.17. The Bertz CT molecular complexity index is 1190. The van der Waals surface area contributed by atoms with Crippen LogP contribution < -0.4 is 15.4 Å². The van der Waals surface area contributed by atoms with Gasteiger partial charge in [0.2, 0.25) is 12.2 Å². The van der Waals surface area contributed by atoms with Crippen LogP contribution in [-0.4, -0.2) is 34.8 Å². The van der Waals surface area contributed by atoms with Crippen LogP contribution in [0.5, 0.6) is 5.75 Å². The summed E-state index contributed by atoms with van der Waals surface area (Å²) in [5.41, 5.74) is 2.09. The topological polar surface area (TPSA) is 99.9 Å². The molecule has 0 saturated heterocycles. The minimum atomic E-state index is -4.64. The van der Waals surface area contributed by atoms with Crippen molar-refractivity contribution in [3.63, 3.8) is 0 Å². The molecule has 4 rings (SSSR count). The number of carbonyl (C=O) groups is 1. The molecule has 12 heteroatoms. The highest BCUT2D eigenvalue weighted by molar-refractivity contribution is 7.99. The molecule has 6 bridgehead atoms. The zero-order chi connectivity index (χ0) is 23.8. The zero-order valence-electron chi connectivity index (χ0n) is 16.7. The second-order valence-corrected chi connectivity index (χ2v) is 7.92. The van der Waals surface area contributed by atoms with Gasteiger partial charge < -0.3 is 15.4 Å². The van der Waals surface area contributed by atoms with Crippen LogP contribution in [0, 0.1) is 11.3 Å². The van der Waals surface area contributed by atoms with Crippen LogP contribution in [0.2, 0.25) is 5.02 Å². The summed E-state index contributed by atoms with van der Waals surface area (Å²) < 4.78 is 37.1. The van der Waals surface area contributed by atoms with Crippen molar-refractivity contribution < 1.29 is 22.7 Å². The van der Waals surface area contributed by atoms with Gasteiger partial charge in [0.1, 0.15) is 16.8 Å². The molecule has 0 atom stereocenters. The number of hydrogen-bond acceptors (Lipinski definition) is 8. The quantitative estimate of drug-likeness (QED) is 0.383. The molecule has 7 nitrogen and oxygen atoms in total. The van der Waals surface area contributed by atoms with Gasteiger partial charge in [0, 0.05) is 28.1 Å². The Kier molecular flexibility index (Phi) is 7.97. The van der Waals surface area contributed by atoms with Crippen molar-refractivity contribution in [3.05, 3.63) is 59.2 Å². The second kappa shape index (κ2) is 10.9. The monoisotopic (exact) mass is 493 g/mol. The predicted octanol–water partition coefficient (Wildman–Crippen LogP) is 5.72. The second-order valence-electron chi connectivity index (χ2n) is 6.35. The average Bonchev–Trinajstić information content (AvgIpc) is 2.79. The highest BCUT2D eigenvalue weighted by Gasteiger charge is 2.24. The molecule has 2 aromatic carbocycles. The Hall–Kier alpha value is -3.49. The van der Waals surface area contributed by atoms with Crippen LogP contribution in [0.3, 0.4) is 0 Å². The smallest absolute Gasteiger partial charge is 0.446 e. The first-order chi connectivity index (χ1) is 15.8. The lowest BCUT2D eigenvalue weighted by atomic mass is 10.2. The maximum Gasteiger partial charge on any atom is 0.446 e. The number of fused-ring (bicyclic) bond motifs is 6. The molecule has 1 aliphatic heterocycles. The number of thioether (sulfide) groups is 1. The SMILES string of the molecule is N#Cc1ccc2cc1OCCSc1cccc(c1)Nc1nc(ncc1Cl)N2.O=CC(F)(F)F. The van der Waals surface area contributed by atoms with Gasteiger partial charge in [0.05, 0.1) is 18.4 Å². The summed E-state index contributed by atoms with van der Waals surface area (Å²) in [6.45, 7) is 0.483. The van der Waals surface area contributed by atoms with Crippen LogP contribution in [0.4, 0.5) is 36.3 Å². The molecule has 0 spiro atoms. The minimum Gasteiger partial charge on any atom is -0.491 e. The number of carbonyl (C=O) groups excluding carboxylic acids is 1. The molecule has 1 aliphatic rings. The Morgan fingerprint density at radius 3 is 2.67 bits per heavy atom. The number of nitriles is 1. The van der Waals surface area contributed by atoms with E-state index in [9.17, 15) is 18.4 Å². The minimum absolute atomic E-state index is 0.387. The molecule has 0 aliphatic carbocycles. The number of benzene rings is 2. The van der Waals surface area contributed by atoms with Gasteiger partial charge in [-0.25, -0.2) is 4.98 Å². The Labute approximate surface area is 195 Å². The largest absolute Gasteiger partial charge is 0.491 e. The van der Waals surface area contributed by atoms with E-state index in [2.05, 4.69) is 26.7 Å². The standard InChI is InChI=1S/C19H14ClN5OS.C2HF3O/c20-16-11-22-19-24-14-5-4-12(10-21)17(9-14)26-6-7-27-15-3-1-2-13(8-15)23-18(16)25-19;3-2(4,5)1-6/h1-5,8-9,11H,6-7H2,(H2,22,23,24,25);1H. The third kappa shape index (κ3) is 7.27. The van der Waals surface area contributed by atoms with Crippen LogP contribution in [0.1, 0.15) is 5.56 Å². The molecule has 0 amide bonds. The third-order valence-corrected chi connectivity index (χ3v) is 5.18. The van der Waals surface area contributed by atoms with Gasteiger partial charge in [-0.15, -0.1) is 11.8 Å². The van der Waals surface area contributed by atoms with Crippen LogP contribution in [-0.2, 0) is 4.79 Å². The van der Waals surface area contributed by atoms with Crippen LogP contribution in [0.25, 0.3) is 0 Å². The average molecular weight is 494 g/mol. The van der Waals surface area contributed by atoms with Crippen molar-refractivity contribution >= 4 is 52.8 Å². The van der Waals surface area contributed by atoms with Gasteiger partial charge in [-0.3, -0.25) is 4.79 Å². The van der Waals surface area contributed by atoms with Crippen molar-refractivity contribution in [3.8, 4) is 11.8 Å². The number of nitrogens with zero attached hydrogens (tertiary/aromatic N) is 3. The lowest BCUT2D eigenvalue weighted by Gasteiger charge is -2.11. The first-order valence-electron chi connectivity index (χ1n) is 9.27. The summed E-state index contributed by atoms with van der Waals surface area (Å²) >= 11 is 7.92. The molecular weight excluding hydrogens is 479 g/mol. The molecule has 2 N–H and O–H groups in total. The molecule has 3 aromatic rings. The van der Waals surface area contributed by atoms with E-state index < -0.39 is 12.5 Å². The van der Waals surface area contributed by atoms with E-state index in [0.29, 0.717) is 34.7 Å². The normalized spacial score (nSPS) is 12.7. The summed E-state index contributed by atoms with van der Waals surface area (Å²) in [6.07, 6.45) is -4.16. The number of rotatable bonds is 0. The van der Waals surface area contributed by atoms with Crippen LogP contribution >= 0.6 is 23.4 Å². The highest BCUT2D eigenvalue weighted by atomic mass is 35.5. The summed E-state index contributed by atoms with van der Waals surface area (Å²) in [7, 11) is 0. The summed E-state index contributed by atoms with van der Waals surface area (Å²) in [5, 5.41) is 16.1. The van der Waals surface area contributed by atoms with Crippen molar-refractivity contribution in [2.24, 2.45) is 0 Å². The van der Waals surface area contributed by atoms with E-state index in [1.54, 1.807) is 30.0 Å². The zero-order valence-corrected chi connectivity index (χ0v) is 18.3. The fourth-order valence-corrected chi connectivity index (χ4v) is 3.49. The fourth-order valence-electron chi connectivity index (χ4n) is 2.57. The molecule has 1 aromatic heterocycles. The van der Waals surface area contributed by atoms with E-state index in [4.69, 9.17) is 21.1 Å². The van der Waals surface area contributed by atoms with Crippen molar-refractivity contribution in [2.45, 2.75) is 11.1 Å². The van der Waals surface area contributed by atoms with Gasteiger partial charge in [0.15, 0.2) is 5.82 Å². The number of anilines is 4. The number of aldehydes is 1. The Balaban J connectivity index is 0.000000454. The lowest BCUT2D eigenvalue weighted by Crippen LogP contribution is -2.07. The van der Waals surface area contributed by atoms with Gasteiger partial charge in [-0.05, 0) is 30.3 Å². The number of ether oxygens (including phenoxy) is 1. The van der Waals surface area contributed by atoms with Crippen molar-refractivity contribution in [1.82, 2.24) is 9.97 Å². The van der Waals surface area contributed by atoms with Gasteiger partial charge in [-0.1, -0.05) is 17.7 Å². The summed E-state index contributed by atoms with van der Waals surface area (Å²) in [4.78, 5) is 18.5. The van der Waals surface area contributed by atoms with Gasteiger partial charge in [-0.2, -0.15) is 23.4 Å². The number of nitrogens with one attached hydrogen (secondary N) is 2. The van der Waals surface area contributed by atoms with E-state index in [1.165, 1.54) is 6.20 Å². The Morgan fingerprint density at radius 1 is 1.18 bits per heavy atom. The number of alkyl halides is 3. The molecule has 33 heavy (non-hydrogen) atoms. The third-order valence-electron chi connectivity index (χ3n) is 3.94. The molecule has 0 saturated carbocycles. The lowest BCUT2D eigenvalue weighted by molar-refractivity contribution is -0.156. The molecular formula is C21H15ClF3N5O2S. The van der Waals surface area contributed by atoms with Crippen molar-refractivity contribution in [2.75, 3.05) is 23.0 Å². The van der Waals surface area contributed by atoms with E-state index in [-0.39, 0.29) is 0 Å². The number of halogens is 4. The maximum atomic E-state index is 10.4. The number of hydrogen-bond donors (Lipinski definition) is 2. The van der Waals surface area contributed by atoms with E-state index in [1.807, 2.05) is 24.3 Å². The molecule has 0 unspecified atom stereocenters. The van der Waals surface area contributed by atoms with Gasteiger partial charge >= 0.3 is 6.18 Å². The number of aromatic nitrogens is 2. The van der Waals surface area contributed by atoms with Crippen molar-refractivity contribution in [1.29, 1.82) is 5.26 Å². The molecule has 2 heterocycles. The molecule has 0 fully saturated rings. The van der Waals surface area contributed by atoms with E-state index in [0.717, 1.165) is 22.0 Å². The van der Waals surface area contributed by atoms with Crippen LogP contribution in [0.15, 0.2) is 53.6 Å². The molecule has 170 valence electrons. The predicted molar refractivity (Wildman–Crippen MR) is 120 cm³/mol. The van der Waals surface area contributed by atoms with E-state index >= 15 is 0 Å². The van der Waals surface area contributed by atoms with Gasteiger partial charge in [0.25, 0.3) is 0 Å². The maximum absolute atomic E-state index is 10.4. The fraction of sp³-hybridized carbons (Fsp3) is 0.143. The highest BCUT2D eigenvalue weighted by Crippen LogP contribution is 2.30. The first kappa shape index (κ1) is 24.2. The molecule has 0 radical (unpaired) electrons. The Morgan fingerprint density at radius 2 is 1.94 bits per heavy atom. The first-order valence-corrected chi connectivity index (χ1v) is 10.6. The summed E-state index contributed by atoms with van der Waals surface area (Å²) in [6, 6.07) is 15.4.